The summed E-state index contributed by atoms with van der Waals surface area (Å²) >= 11 is 2.10. The third-order valence-electron chi connectivity index (χ3n) is 4.42. The van der Waals surface area contributed by atoms with E-state index in [0.717, 1.165) is 14.6 Å². The fourth-order valence-corrected chi connectivity index (χ4v) is 4.66. The van der Waals surface area contributed by atoms with Crippen molar-refractivity contribution in [1.82, 2.24) is 0 Å². The maximum atomic E-state index is 14.6. The summed E-state index contributed by atoms with van der Waals surface area (Å²) in [5.74, 6) is 0.652. The lowest BCUT2D eigenvalue weighted by Gasteiger charge is -2.20. The van der Waals surface area contributed by atoms with Crippen molar-refractivity contribution < 1.29 is 18.7 Å². The average molecular weight is 501 g/mol. The Kier molecular flexibility index (Phi) is 6.26. The number of anilines is 1. The number of nitrogens with zero attached hydrogens (tertiary/aromatic N) is 1. The average Bonchev–Trinajstić information content (AvgIpc) is 2.94. The highest BCUT2D eigenvalue weighted by Gasteiger charge is 2.34. The number of ether oxygens (including phenoxy) is 2. The Morgan fingerprint density at radius 2 is 1.96 bits per heavy atom. The molecule has 0 bridgehead atoms. The Hall–Kier alpha value is -1.40. The lowest BCUT2D eigenvalue weighted by atomic mass is 9.97. The second kappa shape index (κ2) is 8.31. The van der Waals surface area contributed by atoms with Crippen LogP contribution in [0.15, 0.2) is 30.3 Å². The first-order valence-corrected chi connectivity index (χ1v) is 10.3. The van der Waals surface area contributed by atoms with Crippen molar-refractivity contribution in [1.29, 1.82) is 0 Å². The van der Waals surface area contributed by atoms with Crippen molar-refractivity contribution in [3.8, 4) is 11.5 Å². The number of carbonyl (C=O) groups excluding carboxylic acids is 1. The molecule has 2 aromatic rings. The van der Waals surface area contributed by atoms with Gasteiger partial charge in [0.15, 0.2) is 0 Å². The van der Waals surface area contributed by atoms with E-state index in [9.17, 15) is 9.18 Å². The van der Waals surface area contributed by atoms with Crippen molar-refractivity contribution in [3.05, 3.63) is 45.3 Å². The number of methoxy groups -OCH3 is 1. The third kappa shape index (κ3) is 4.54. The zero-order valence-electron chi connectivity index (χ0n) is 15.5. The molecule has 2 atom stereocenters. The minimum absolute atomic E-state index is 0.0166. The molecule has 2 aromatic carbocycles. The van der Waals surface area contributed by atoms with E-state index in [2.05, 4.69) is 31.8 Å². The predicted octanol–water partition coefficient (Wildman–Crippen LogP) is 4.25. The van der Waals surface area contributed by atoms with Crippen LogP contribution in [-0.2, 0) is 4.79 Å². The molecule has 0 aromatic heterocycles. The quantitative estimate of drug-likeness (QED) is 0.455. The number of rotatable bonds is 5. The predicted molar refractivity (Wildman–Crippen MR) is 117 cm³/mol. The maximum Gasteiger partial charge on any atom is 0.227 e. The van der Waals surface area contributed by atoms with Gasteiger partial charge >= 0.3 is 0 Å². The summed E-state index contributed by atoms with van der Waals surface area (Å²) < 4.78 is 26.3. The minimum atomic E-state index is -0.331. The second-order valence-corrected chi connectivity index (χ2v) is 8.67. The van der Waals surface area contributed by atoms with Crippen LogP contribution in [0.4, 0.5) is 10.1 Å². The first-order valence-electron chi connectivity index (χ1n) is 8.69. The molecule has 0 radical (unpaired) electrons. The van der Waals surface area contributed by atoms with Gasteiger partial charge < -0.3 is 14.4 Å². The molecule has 1 unspecified atom stereocenters. The van der Waals surface area contributed by atoms with E-state index in [4.69, 9.17) is 9.47 Å². The van der Waals surface area contributed by atoms with Crippen LogP contribution in [0.5, 0.6) is 11.5 Å². The highest BCUT2D eigenvalue weighted by molar-refractivity contribution is 14.1. The molecule has 1 saturated heterocycles. The highest BCUT2D eigenvalue weighted by atomic mass is 127. The van der Waals surface area contributed by atoms with Crippen molar-refractivity contribution in [3.63, 3.8) is 0 Å². The van der Waals surface area contributed by atoms with Crippen LogP contribution < -0.4 is 19.7 Å². The van der Waals surface area contributed by atoms with Crippen LogP contribution in [-0.4, -0.2) is 25.7 Å². The van der Waals surface area contributed by atoms with Crippen LogP contribution in [0, 0.1) is 9.39 Å². The molecule has 7 heteroatoms. The maximum absolute atomic E-state index is 14.6. The van der Waals surface area contributed by atoms with Gasteiger partial charge in [-0.15, -0.1) is 9.24 Å². The molecular formula is C20H22FINO3P. The van der Waals surface area contributed by atoms with Gasteiger partial charge in [0.25, 0.3) is 0 Å². The van der Waals surface area contributed by atoms with Gasteiger partial charge in [0.1, 0.15) is 17.3 Å². The lowest BCUT2D eigenvalue weighted by Crippen LogP contribution is -2.25. The first kappa shape index (κ1) is 20.3. The summed E-state index contributed by atoms with van der Waals surface area (Å²) in [5, 5.41) is 0.935. The van der Waals surface area contributed by atoms with E-state index < -0.39 is 0 Å². The van der Waals surface area contributed by atoms with Crippen molar-refractivity contribution in [2.75, 3.05) is 18.6 Å². The van der Waals surface area contributed by atoms with Crippen LogP contribution in [0.3, 0.4) is 0 Å². The van der Waals surface area contributed by atoms with Gasteiger partial charge in [-0.1, -0.05) is 0 Å². The molecule has 0 N–H and O–H groups in total. The number of benzene rings is 2. The second-order valence-electron chi connectivity index (χ2n) is 6.84. The molecule has 1 aliphatic rings. The molecule has 0 aliphatic carbocycles. The Morgan fingerprint density at radius 1 is 1.22 bits per heavy atom. The molecule has 0 saturated carbocycles. The number of carbonyl (C=O) groups is 1. The van der Waals surface area contributed by atoms with Crippen molar-refractivity contribution in [2.24, 2.45) is 0 Å². The molecule has 0 spiro atoms. The zero-order valence-corrected chi connectivity index (χ0v) is 18.8. The molecule has 144 valence electrons. The molecule has 3 rings (SSSR count). The molecule has 27 heavy (non-hydrogen) atoms. The lowest BCUT2D eigenvalue weighted by molar-refractivity contribution is -0.117. The van der Waals surface area contributed by atoms with Crippen LogP contribution >= 0.6 is 31.8 Å². The molecular weight excluding hydrogens is 479 g/mol. The van der Waals surface area contributed by atoms with Gasteiger partial charge in [0.05, 0.1) is 13.2 Å². The van der Waals surface area contributed by atoms with Gasteiger partial charge in [0.2, 0.25) is 5.91 Å². The van der Waals surface area contributed by atoms with Crippen LogP contribution in [0.25, 0.3) is 0 Å². The largest absolute Gasteiger partial charge is 0.497 e. The van der Waals surface area contributed by atoms with E-state index >= 15 is 0 Å². The van der Waals surface area contributed by atoms with E-state index in [1.54, 1.807) is 11.0 Å². The van der Waals surface area contributed by atoms with Crippen molar-refractivity contribution in [2.45, 2.75) is 32.3 Å². The van der Waals surface area contributed by atoms with Crippen LogP contribution in [0.2, 0.25) is 0 Å². The SMILES string of the molecule is COc1cc(F)c([C@H]2CC(=O)N(c3cc(P)cc(OC(C)C)c3)C2)c(I)c1. The number of amides is 1. The van der Waals surface area contributed by atoms with Gasteiger partial charge in [0, 0.05) is 45.8 Å². The molecule has 1 aliphatic heterocycles. The fourth-order valence-electron chi connectivity index (χ4n) is 3.32. The monoisotopic (exact) mass is 501 g/mol. The zero-order chi connectivity index (χ0) is 19.7. The van der Waals surface area contributed by atoms with E-state index in [-0.39, 0.29) is 30.2 Å². The summed E-state index contributed by atoms with van der Waals surface area (Å²) in [6.07, 6.45) is 0.322. The smallest absolute Gasteiger partial charge is 0.227 e. The number of halogens is 2. The highest BCUT2D eigenvalue weighted by Crippen LogP contribution is 2.37. The van der Waals surface area contributed by atoms with Crippen molar-refractivity contribution >= 4 is 48.7 Å². The van der Waals surface area contributed by atoms with Gasteiger partial charge in [-0.25, -0.2) is 4.39 Å². The molecule has 1 amide bonds. The Labute approximate surface area is 174 Å². The molecule has 1 fully saturated rings. The van der Waals surface area contributed by atoms with Gasteiger partial charge in [-0.05, 0) is 59.9 Å². The molecule has 1 heterocycles. The summed E-state index contributed by atoms with van der Waals surface area (Å²) in [6.45, 7) is 4.36. The number of hydrogen-bond donors (Lipinski definition) is 0. The van der Waals surface area contributed by atoms with E-state index in [1.165, 1.54) is 13.2 Å². The topological polar surface area (TPSA) is 38.8 Å². The summed E-state index contributed by atoms with van der Waals surface area (Å²) in [7, 11) is 4.15. The number of hydrogen-bond acceptors (Lipinski definition) is 3. The molecule has 4 nitrogen and oxygen atoms in total. The fraction of sp³-hybridized carbons (Fsp3) is 0.350. The summed E-state index contributed by atoms with van der Waals surface area (Å²) in [5.41, 5.74) is 1.35. The Morgan fingerprint density at radius 3 is 2.59 bits per heavy atom. The minimum Gasteiger partial charge on any atom is -0.497 e. The summed E-state index contributed by atoms with van der Waals surface area (Å²) in [4.78, 5) is 14.4. The third-order valence-corrected chi connectivity index (χ3v) is 5.64. The standard InChI is InChI=1S/C20H22FINO3P/c1-11(2)26-15-5-13(6-16(27)7-15)23-10-12(4-19(23)24)20-17(21)8-14(25-3)9-18(20)22/h5-9,11-12H,4,10,27H2,1-3H3/t12-/m0/s1. The first-order chi connectivity index (χ1) is 12.8. The Balaban J connectivity index is 1.90. The van der Waals surface area contributed by atoms with E-state index in [1.807, 2.05) is 32.0 Å². The van der Waals surface area contributed by atoms with Gasteiger partial charge in [-0.3, -0.25) is 4.79 Å². The summed E-state index contributed by atoms with van der Waals surface area (Å²) in [6, 6.07) is 8.88. The Bertz CT molecular complexity index is 851. The van der Waals surface area contributed by atoms with E-state index in [0.29, 0.717) is 23.6 Å². The normalized spacial score (nSPS) is 16.9. The van der Waals surface area contributed by atoms with Gasteiger partial charge in [-0.2, -0.15) is 0 Å². The van der Waals surface area contributed by atoms with Crippen LogP contribution in [0.1, 0.15) is 31.7 Å².